The van der Waals surface area contributed by atoms with Gasteiger partial charge in [0.15, 0.2) is 0 Å². The van der Waals surface area contributed by atoms with Crippen LogP contribution in [-0.4, -0.2) is 34.0 Å². The Morgan fingerprint density at radius 1 is 1.31 bits per heavy atom. The van der Waals surface area contributed by atoms with E-state index in [0.29, 0.717) is 17.5 Å². The van der Waals surface area contributed by atoms with Crippen molar-refractivity contribution in [3.63, 3.8) is 0 Å². The average molecular weight is 364 g/mol. The number of rotatable bonds is 3. The zero-order valence-corrected chi connectivity index (χ0v) is 15.6. The monoisotopic (exact) mass is 364 g/mol. The number of fused-ring (bicyclic) bond motifs is 2. The van der Waals surface area contributed by atoms with E-state index in [4.69, 9.17) is 4.98 Å². The van der Waals surface area contributed by atoms with Crippen molar-refractivity contribution in [1.29, 1.82) is 0 Å². The maximum atomic E-state index is 12.1. The number of aryl methyl sites for hydroxylation is 1. The van der Waals surface area contributed by atoms with E-state index < -0.39 is 5.97 Å². The lowest BCUT2D eigenvalue weighted by molar-refractivity contribution is 0.0696. The molecule has 3 aromatic rings. The molecule has 0 bridgehead atoms. The standard InChI is InChI=1S/C21H20N2O2S/c1-3-23-11-14(10-18-13(2)8-9-26-18)20-16(12-23)19(21(24)25)15-6-4-5-7-17(15)22-20/h4-10H,3,11-12H2,1-2H3,(H,24,25). The van der Waals surface area contributed by atoms with Gasteiger partial charge in [-0.25, -0.2) is 9.78 Å². The summed E-state index contributed by atoms with van der Waals surface area (Å²) in [6.07, 6.45) is 2.17. The summed E-state index contributed by atoms with van der Waals surface area (Å²) in [6, 6.07) is 9.62. The summed E-state index contributed by atoms with van der Waals surface area (Å²) in [5.74, 6) is -0.885. The van der Waals surface area contributed by atoms with Crippen LogP contribution in [0.3, 0.4) is 0 Å². The predicted molar refractivity (Wildman–Crippen MR) is 107 cm³/mol. The zero-order chi connectivity index (χ0) is 18.3. The summed E-state index contributed by atoms with van der Waals surface area (Å²) in [4.78, 5) is 20.4. The Hall–Kier alpha value is -2.50. The van der Waals surface area contributed by atoms with Crippen LogP contribution < -0.4 is 0 Å². The molecule has 2 aromatic heterocycles. The molecule has 132 valence electrons. The molecule has 1 aromatic carbocycles. The Morgan fingerprint density at radius 3 is 2.81 bits per heavy atom. The van der Waals surface area contributed by atoms with Crippen LogP contribution in [0, 0.1) is 6.92 Å². The first-order valence-corrected chi connectivity index (χ1v) is 9.58. The molecule has 0 spiro atoms. The van der Waals surface area contributed by atoms with Crippen LogP contribution in [0.1, 0.15) is 39.0 Å². The minimum atomic E-state index is -0.885. The van der Waals surface area contributed by atoms with Crippen LogP contribution in [0.5, 0.6) is 0 Å². The quantitative estimate of drug-likeness (QED) is 0.733. The molecule has 1 N–H and O–H groups in total. The Balaban J connectivity index is 2.01. The molecule has 3 heterocycles. The Bertz CT molecular complexity index is 1040. The predicted octanol–water partition coefficient (Wildman–Crippen LogP) is 4.68. The first kappa shape index (κ1) is 16.9. The lowest BCUT2D eigenvalue weighted by Crippen LogP contribution is -2.31. The summed E-state index contributed by atoms with van der Waals surface area (Å²) >= 11 is 1.70. The summed E-state index contributed by atoms with van der Waals surface area (Å²) in [5, 5.41) is 12.7. The van der Waals surface area contributed by atoms with Crippen LogP contribution in [0.4, 0.5) is 0 Å². The van der Waals surface area contributed by atoms with E-state index in [1.807, 2.05) is 24.3 Å². The van der Waals surface area contributed by atoms with Gasteiger partial charge in [0.25, 0.3) is 0 Å². The third-order valence-corrected chi connectivity index (χ3v) is 5.91. The number of carboxylic acid groups (broad SMARTS) is 1. The minimum Gasteiger partial charge on any atom is -0.478 e. The number of hydrogen-bond donors (Lipinski definition) is 1. The van der Waals surface area contributed by atoms with Crippen molar-refractivity contribution in [2.75, 3.05) is 13.1 Å². The van der Waals surface area contributed by atoms with Gasteiger partial charge < -0.3 is 5.11 Å². The number of hydrogen-bond acceptors (Lipinski definition) is 4. The zero-order valence-electron chi connectivity index (χ0n) is 14.8. The lowest BCUT2D eigenvalue weighted by Gasteiger charge is -2.30. The number of thiophene rings is 1. The van der Waals surface area contributed by atoms with Gasteiger partial charge in [-0.05, 0) is 48.2 Å². The lowest BCUT2D eigenvalue weighted by atomic mass is 9.92. The van der Waals surface area contributed by atoms with Gasteiger partial charge in [-0.3, -0.25) is 4.90 Å². The van der Waals surface area contributed by atoms with Crippen molar-refractivity contribution in [3.8, 4) is 0 Å². The van der Waals surface area contributed by atoms with Crippen LogP contribution >= 0.6 is 11.3 Å². The van der Waals surface area contributed by atoms with Gasteiger partial charge in [0.2, 0.25) is 0 Å². The van der Waals surface area contributed by atoms with Crippen LogP contribution in [0.15, 0.2) is 35.7 Å². The SMILES string of the molecule is CCN1CC(=Cc2sccc2C)c2nc3ccccc3c(C(=O)O)c2C1. The number of benzene rings is 1. The second-order valence-corrected chi connectivity index (χ2v) is 7.52. The van der Waals surface area contributed by atoms with Gasteiger partial charge >= 0.3 is 5.97 Å². The number of aromatic nitrogens is 1. The minimum absolute atomic E-state index is 0.387. The van der Waals surface area contributed by atoms with Crippen LogP contribution in [0.25, 0.3) is 22.6 Å². The molecular formula is C21H20N2O2S. The van der Waals surface area contributed by atoms with Crippen molar-refractivity contribution in [2.45, 2.75) is 20.4 Å². The topological polar surface area (TPSA) is 53.4 Å². The second kappa shape index (κ2) is 6.67. The van der Waals surface area contributed by atoms with Gasteiger partial charge in [-0.2, -0.15) is 0 Å². The maximum absolute atomic E-state index is 12.1. The van der Waals surface area contributed by atoms with Gasteiger partial charge in [0, 0.05) is 28.9 Å². The number of pyridine rings is 1. The highest BCUT2D eigenvalue weighted by atomic mass is 32.1. The maximum Gasteiger partial charge on any atom is 0.336 e. The van der Waals surface area contributed by atoms with Crippen molar-refractivity contribution in [3.05, 3.63) is 63.0 Å². The highest BCUT2D eigenvalue weighted by Gasteiger charge is 2.28. The van der Waals surface area contributed by atoms with E-state index in [2.05, 4.69) is 36.3 Å². The van der Waals surface area contributed by atoms with Crippen molar-refractivity contribution in [2.24, 2.45) is 0 Å². The van der Waals surface area contributed by atoms with E-state index in [-0.39, 0.29) is 0 Å². The highest BCUT2D eigenvalue weighted by Crippen LogP contribution is 2.34. The third kappa shape index (κ3) is 2.83. The van der Waals surface area contributed by atoms with E-state index in [9.17, 15) is 9.90 Å². The number of likely N-dealkylation sites (N-methyl/N-ethyl adjacent to an activating group) is 1. The van der Waals surface area contributed by atoms with Gasteiger partial charge in [-0.15, -0.1) is 11.3 Å². The molecule has 0 unspecified atom stereocenters. The van der Waals surface area contributed by atoms with Crippen LogP contribution in [0.2, 0.25) is 0 Å². The third-order valence-electron chi connectivity index (χ3n) is 4.94. The number of aromatic carboxylic acids is 1. The summed E-state index contributed by atoms with van der Waals surface area (Å²) in [7, 11) is 0. The van der Waals surface area contributed by atoms with Crippen molar-refractivity contribution < 1.29 is 9.90 Å². The molecule has 0 saturated carbocycles. The van der Waals surface area contributed by atoms with E-state index in [0.717, 1.165) is 35.4 Å². The first-order valence-electron chi connectivity index (χ1n) is 8.70. The molecule has 0 radical (unpaired) electrons. The largest absolute Gasteiger partial charge is 0.478 e. The van der Waals surface area contributed by atoms with Crippen molar-refractivity contribution in [1.82, 2.24) is 9.88 Å². The molecule has 0 amide bonds. The number of para-hydroxylation sites is 1. The summed E-state index contributed by atoms with van der Waals surface area (Å²) < 4.78 is 0. The summed E-state index contributed by atoms with van der Waals surface area (Å²) in [5.41, 5.74) is 5.10. The highest BCUT2D eigenvalue weighted by molar-refractivity contribution is 7.11. The fourth-order valence-electron chi connectivity index (χ4n) is 3.54. The Morgan fingerprint density at radius 2 is 2.12 bits per heavy atom. The van der Waals surface area contributed by atoms with Gasteiger partial charge in [0.05, 0.1) is 16.8 Å². The molecule has 0 atom stereocenters. The van der Waals surface area contributed by atoms with Crippen molar-refractivity contribution >= 4 is 39.9 Å². The Labute approximate surface area is 156 Å². The number of carboxylic acids is 1. The summed E-state index contributed by atoms with van der Waals surface area (Å²) in [6.45, 7) is 6.47. The smallest absolute Gasteiger partial charge is 0.336 e. The van der Waals surface area contributed by atoms with E-state index in [1.165, 1.54) is 10.4 Å². The second-order valence-electron chi connectivity index (χ2n) is 6.58. The molecule has 4 rings (SSSR count). The molecule has 26 heavy (non-hydrogen) atoms. The molecule has 0 aliphatic carbocycles. The molecule has 0 saturated heterocycles. The van der Waals surface area contributed by atoms with Gasteiger partial charge in [0.1, 0.15) is 0 Å². The fraction of sp³-hybridized carbons (Fsp3) is 0.238. The van der Waals surface area contributed by atoms with Gasteiger partial charge in [-0.1, -0.05) is 25.1 Å². The average Bonchev–Trinajstić information content (AvgIpc) is 3.04. The van der Waals surface area contributed by atoms with Crippen LogP contribution in [-0.2, 0) is 6.54 Å². The Kier molecular flexibility index (Phi) is 4.34. The normalized spacial score (nSPS) is 16.2. The molecule has 1 aliphatic heterocycles. The fourth-order valence-corrected chi connectivity index (χ4v) is 4.42. The molecule has 5 heteroatoms. The molecule has 1 aliphatic rings. The first-order chi connectivity index (χ1) is 12.6. The number of carbonyl (C=O) groups is 1. The number of nitrogens with zero attached hydrogens (tertiary/aromatic N) is 2. The molecular weight excluding hydrogens is 344 g/mol. The van der Waals surface area contributed by atoms with E-state index >= 15 is 0 Å². The molecule has 0 fully saturated rings. The molecule has 4 nitrogen and oxygen atoms in total. The van der Waals surface area contributed by atoms with E-state index in [1.54, 1.807) is 11.3 Å².